The molecule has 3 unspecified atom stereocenters. The van der Waals surface area contributed by atoms with Crippen molar-refractivity contribution in [2.75, 3.05) is 7.11 Å². The number of esters is 1. The molecule has 0 radical (unpaired) electrons. The Morgan fingerprint density at radius 1 is 1.03 bits per heavy atom. The maximum Gasteiger partial charge on any atom is 0.341 e. The third-order valence-electron chi connectivity index (χ3n) is 4.95. The molecule has 2 aromatic rings. The third-order valence-corrected chi connectivity index (χ3v) is 4.95. The molecular formula is C24H32N2O6. The highest BCUT2D eigenvalue weighted by atomic mass is 16.6. The van der Waals surface area contributed by atoms with Crippen molar-refractivity contribution in [3.63, 3.8) is 0 Å². The maximum atomic E-state index is 12.9. The molecule has 0 amide bonds. The van der Waals surface area contributed by atoms with Crippen molar-refractivity contribution < 1.29 is 29.3 Å². The number of aliphatic carboxylic acids is 1. The van der Waals surface area contributed by atoms with Crippen molar-refractivity contribution in [2.45, 2.75) is 51.1 Å². The molecule has 0 bridgehead atoms. The molecule has 0 aliphatic rings. The molecule has 0 aliphatic carbocycles. The Kier molecular flexibility index (Phi) is 8.38. The lowest BCUT2D eigenvalue weighted by Gasteiger charge is -2.36. The van der Waals surface area contributed by atoms with Crippen LogP contribution in [0.3, 0.4) is 0 Å². The van der Waals surface area contributed by atoms with Crippen LogP contribution in [0.15, 0.2) is 54.6 Å². The number of aliphatic hydroxyl groups is 1. The second kappa shape index (κ2) is 10.6. The summed E-state index contributed by atoms with van der Waals surface area (Å²) in [4.78, 5) is 25.1. The second-order valence-corrected chi connectivity index (χ2v) is 8.65. The van der Waals surface area contributed by atoms with Crippen molar-refractivity contribution in [3.8, 4) is 5.75 Å². The van der Waals surface area contributed by atoms with Crippen LogP contribution in [0, 0.1) is 5.92 Å². The van der Waals surface area contributed by atoms with Crippen LogP contribution >= 0.6 is 0 Å². The molecule has 0 aromatic heterocycles. The summed E-state index contributed by atoms with van der Waals surface area (Å²) in [6.45, 7) is 5.15. The molecule has 2 rings (SSSR count). The topological polar surface area (TPSA) is 131 Å². The lowest BCUT2D eigenvalue weighted by molar-refractivity contribution is -0.169. The Bertz CT molecular complexity index is 895. The van der Waals surface area contributed by atoms with Crippen LogP contribution < -0.4 is 15.8 Å². The Morgan fingerprint density at radius 3 is 2.12 bits per heavy atom. The van der Waals surface area contributed by atoms with Gasteiger partial charge in [-0.15, -0.1) is 0 Å². The van der Waals surface area contributed by atoms with E-state index in [9.17, 15) is 19.8 Å². The van der Waals surface area contributed by atoms with E-state index in [-0.39, 0.29) is 13.0 Å². The van der Waals surface area contributed by atoms with Gasteiger partial charge in [-0.05, 0) is 50.5 Å². The van der Waals surface area contributed by atoms with Crippen LogP contribution in [0.4, 0.5) is 0 Å². The van der Waals surface area contributed by atoms with Gasteiger partial charge < -0.3 is 25.4 Å². The summed E-state index contributed by atoms with van der Waals surface area (Å²) in [6.07, 6.45) is -1.71. The molecule has 2 aromatic carbocycles. The lowest BCUT2D eigenvalue weighted by atomic mass is 9.86. The van der Waals surface area contributed by atoms with Gasteiger partial charge >= 0.3 is 11.9 Å². The van der Waals surface area contributed by atoms with Gasteiger partial charge in [0.1, 0.15) is 17.5 Å². The largest absolute Gasteiger partial charge is 0.497 e. The van der Waals surface area contributed by atoms with Gasteiger partial charge in [0.15, 0.2) is 5.66 Å². The van der Waals surface area contributed by atoms with E-state index in [1.807, 2.05) is 6.07 Å². The van der Waals surface area contributed by atoms with E-state index in [1.54, 1.807) is 76.4 Å². The summed E-state index contributed by atoms with van der Waals surface area (Å²) in [6, 6.07) is 15.9. The molecule has 0 heterocycles. The summed E-state index contributed by atoms with van der Waals surface area (Å²) in [5.74, 6) is -2.77. The van der Waals surface area contributed by atoms with Gasteiger partial charge in [-0.1, -0.05) is 42.5 Å². The highest BCUT2D eigenvalue weighted by molar-refractivity contribution is 5.82. The lowest BCUT2D eigenvalue weighted by Crippen LogP contribution is -2.69. The van der Waals surface area contributed by atoms with Crippen molar-refractivity contribution >= 4 is 11.9 Å². The highest BCUT2D eigenvalue weighted by Gasteiger charge is 2.48. The minimum absolute atomic E-state index is 0.0518. The maximum absolute atomic E-state index is 12.9. The second-order valence-electron chi connectivity index (χ2n) is 8.65. The summed E-state index contributed by atoms with van der Waals surface area (Å²) in [5, 5.41) is 23.7. The zero-order chi connectivity index (χ0) is 23.9. The summed E-state index contributed by atoms with van der Waals surface area (Å²) < 4.78 is 10.6. The average Bonchev–Trinajstić information content (AvgIpc) is 2.75. The Morgan fingerprint density at radius 2 is 1.62 bits per heavy atom. The Labute approximate surface area is 188 Å². The average molecular weight is 445 g/mol. The van der Waals surface area contributed by atoms with E-state index in [2.05, 4.69) is 5.32 Å². The SMILES string of the molecule is COc1ccc(CNC(N)(C(=O)O)C(O)C(Cc2ccccc2)C(=O)OC(C)(C)C)cc1. The van der Waals surface area contributed by atoms with E-state index in [1.165, 1.54) is 0 Å². The molecule has 32 heavy (non-hydrogen) atoms. The van der Waals surface area contributed by atoms with Gasteiger partial charge in [-0.2, -0.15) is 0 Å². The fourth-order valence-electron chi connectivity index (χ4n) is 3.19. The monoisotopic (exact) mass is 444 g/mol. The number of carbonyl (C=O) groups excluding carboxylic acids is 1. The number of hydrogen-bond acceptors (Lipinski definition) is 7. The van der Waals surface area contributed by atoms with E-state index in [0.717, 1.165) is 11.1 Å². The van der Waals surface area contributed by atoms with Crippen molar-refractivity contribution in [3.05, 3.63) is 65.7 Å². The van der Waals surface area contributed by atoms with Gasteiger partial charge in [0.05, 0.1) is 13.0 Å². The van der Waals surface area contributed by atoms with E-state index in [4.69, 9.17) is 15.2 Å². The van der Waals surface area contributed by atoms with Crippen LogP contribution in [0.1, 0.15) is 31.9 Å². The minimum Gasteiger partial charge on any atom is -0.497 e. The van der Waals surface area contributed by atoms with Crippen LogP contribution in [0.25, 0.3) is 0 Å². The first-order chi connectivity index (χ1) is 15.0. The predicted octanol–water partition coefficient (Wildman–Crippen LogP) is 2.09. The van der Waals surface area contributed by atoms with E-state index >= 15 is 0 Å². The number of benzene rings is 2. The van der Waals surface area contributed by atoms with Gasteiger partial charge in [0.25, 0.3) is 0 Å². The molecule has 0 saturated heterocycles. The quantitative estimate of drug-likeness (QED) is 0.324. The first-order valence-electron chi connectivity index (χ1n) is 10.3. The number of aliphatic hydroxyl groups excluding tert-OH is 1. The van der Waals surface area contributed by atoms with Crippen molar-refractivity contribution in [1.29, 1.82) is 0 Å². The van der Waals surface area contributed by atoms with Crippen LogP contribution in [-0.4, -0.2) is 46.6 Å². The molecule has 3 atom stereocenters. The molecular weight excluding hydrogens is 412 g/mol. The molecule has 8 nitrogen and oxygen atoms in total. The molecule has 0 fully saturated rings. The molecule has 174 valence electrons. The predicted molar refractivity (Wildman–Crippen MR) is 120 cm³/mol. The zero-order valence-electron chi connectivity index (χ0n) is 18.9. The van der Waals surface area contributed by atoms with Crippen molar-refractivity contribution in [1.82, 2.24) is 5.32 Å². The number of nitrogens with two attached hydrogens (primary N) is 1. The number of carboxylic acids is 1. The number of carbonyl (C=O) groups is 2. The van der Waals surface area contributed by atoms with Crippen LogP contribution in [0.5, 0.6) is 5.75 Å². The van der Waals surface area contributed by atoms with E-state index in [0.29, 0.717) is 5.75 Å². The molecule has 0 aliphatic heterocycles. The molecule has 0 spiro atoms. The van der Waals surface area contributed by atoms with Crippen LogP contribution in [0.2, 0.25) is 0 Å². The highest BCUT2D eigenvalue weighted by Crippen LogP contribution is 2.24. The minimum atomic E-state index is -2.30. The van der Waals surface area contributed by atoms with Gasteiger partial charge in [0, 0.05) is 6.54 Å². The molecule has 8 heteroatoms. The first-order valence-corrected chi connectivity index (χ1v) is 10.3. The Balaban J connectivity index is 2.30. The number of ether oxygens (including phenoxy) is 2. The number of hydrogen-bond donors (Lipinski definition) is 4. The van der Waals surface area contributed by atoms with Crippen LogP contribution in [-0.2, 0) is 27.3 Å². The zero-order valence-corrected chi connectivity index (χ0v) is 18.9. The first kappa shape index (κ1) is 25.3. The summed E-state index contributed by atoms with van der Waals surface area (Å²) in [5.41, 5.74) is 4.51. The molecule has 0 saturated carbocycles. The van der Waals surface area contributed by atoms with Crippen molar-refractivity contribution in [2.24, 2.45) is 11.7 Å². The number of nitrogens with one attached hydrogen (secondary N) is 1. The van der Waals surface area contributed by atoms with E-state index < -0.39 is 35.2 Å². The third kappa shape index (κ3) is 6.78. The number of carboxylic acid groups (broad SMARTS) is 1. The fourth-order valence-corrected chi connectivity index (χ4v) is 3.19. The number of methoxy groups -OCH3 is 1. The molecule has 5 N–H and O–H groups in total. The summed E-state index contributed by atoms with van der Waals surface area (Å²) >= 11 is 0. The van der Waals surface area contributed by atoms with Gasteiger partial charge in [-0.3, -0.25) is 10.1 Å². The summed E-state index contributed by atoms with van der Waals surface area (Å²) in [7, 11) is 1.54. The fraction of sp³-hybridized carbons (Fsp3) is 0.417. The normalized spacial score (nSPS) is 15.3. The van der Waals surface area contributed by atoms with Gasteiger partial charge in [-0.25, -0.2) is 4.79 Å². The Hall–Kier alpha value is -2.94. The standard InChI is InChI=1S/C24H32N2O6/c1-23(2,3)32-21(28)19(14-16-8-6-5-7-9-16)20(27)24(25,22(29)30)26-15-17-10-12-18(31-4)13-11-17/h5-13,19-20,26-27H,14-15,25H2,1-4H3,(H,29,30). The smallest absolute Gasteiger partial charge is 0.341 e. The number of rotatable bonds is 10. The van der Waals surface area contributed by atoms with Gasteiger partial charge in [0.2, 0.25) is 0 Å².